The summed E-state index contributed by atoms with van der Waals surface area (Å²) in [5.41, 5.74) is 4.38. The largest absolute Gasteiger partial charge is 0.375 e. The van der Waals surface area contributed by atoms with Gasteiger partial charge < -0.3 is 4.74 Å². The first kappa shape index (κ1) is 13.5. The maximum absolute atomic E-state index is 6.00. The van der Waals surface area contributed by atoms with Gasteiger partial charge in [-0.2, -0.15) is 0 Å². The van der Waals surface area contributed by atoms with Crippen LogP contribution in [0.2, 0.25) is 0 Å². The van der Waals surface area contributed by atoms with Crippen LogP contribution < -0.4 is 11.3 Å². The van der Waals surface area contributed by atoms with Crippen molar-refractivity contribution in [2.75, 3.05) is 6.61 Å². The Morgan fingerprint density at radius 2 is 2.47 bits per heavy atom. The zero-order valence-electron chi connectivity index (χ0n) is 11.5. The van der Waals surface area contributed by atoms with Crippen LogP contribution in [0, 0.1) is 12.8 Å². The SMILES string of the molecule is Cc1nc(CC(NN)C2CCOC3(CCC3)C2)cs1. The third-order valence-electron chi connectivity index (χ3n) is 4.67. The van der Waals surface area contributed by atoms with Gasteiger partial charge in [-0.05, 0) is 44.9 Å². The van der Waals surface area contributed by atoms with E-state index in [9.17, 15) is 0 Å². The van der Waals surface area contributed by atoms with Crippen LogP contribution in [0.3, 0.4) is 0 Å². The summed E-state index contributed by atoms with van der Waals surface area (Å²) in [4.78, 5) is 4.56. The molecule has 1 aliphatic heterocycles. The molecule has 2 aliphatic rings. The molecule has 1 saturated carbocycles. The van der Waals surface area contributed by atoms with E-state index >= 15 is 0 Å². The van der Waals surface area contributed by atoms with Gasteiger partial charge in [-0.1, -0.05) is 0 Å². The minimum atomic E-state index is 0.190. The third kappa shape index (κ3) is 2.84. The molecule has 4 nitrogen and oxygen atoms in total. The molecule has 2 unspecified atom stereocenters. The fourth-order valence-corrected chi connectivity index (χ4v) is 4.04. The maximum Gasteiger partial charge on any atom is 0.0897 e. The van der Waals surface area contributed by atoms with Crippen molar-refractivity contribution in [1.29, 1.82) is 0 Å². The number of nitrogens with zero attached hydrogens (tertiary/aromatic N) is 1. The lowest BCUT2D eigenvalue weighted by molar-refractivity contribution is -0.147. The van der Waals surface area contributed by atoms with E-state index in [1.165, 1.54) is 25.0 Å². The Hall–Kier alpha value is -0.490. The smallest absolute Gasteiger partial charge is 0.0897 e. The average molecular weight is 281 g/mol. The van der Waals surface area contributed by atoms with Crippen molar-refractivity contribution in [1.82, 2.24) is 10.4 Å². The first-order valence-electron chi connectivity index (χ1n) is 7.22. The van der Waals surface area contributed by atoms with Crippen LogP contribution >= 0.6 is 11.3 Å². The number of nitrogens with two attached hydrogens (primary N) is 1. The number of thiazole rings is 1. The molecule has 1 aliphatic carbocycles. The fraction of sp³-hybridized carbons (Fsp3) is 0.786. The van der Waals surface area contributed by atoms with Crippen LogP contribution in [-0.2, 0) is 11.2 Å². The topological polar surface area (TPSA) is 60.2 Å². The van der Waals surface area contributed by atoms with E-state index in [2.05, 4.69) is 22.7 Å². The summed E-state index contributed by atoms with van der Waals surface area (Å²) in [6.45, 7) is 2.94. The minimum Gasteiger partial charge on any atom is -0.375 e. The van der Waals surface area contributed by atoms with Crippen LogP contribution in [0.1, 0.15) is 42.8 Å². The molecule has 0 amide bonds. The van der Waals surface area contributed by atoms with E-state index in [1.807, 2.05) is 0 Å². The Morgan fingerprint density at radius 3 is 3.05 bits per heavy atom. The molecule has 2 heterocycles. The molecule has 19 heavy (non-hydrogen) atoms. The highest BCUT2D eigenvalue weighted by molar-refractivity contribution is 7.09. The normalized spacial score (nSPS) is 27.2. The summed E-state index contributed by atoms with van der Waals surface area (Å²) in [7, 11) is 0. The summed E-state index contributed by atoms with van der Waals surface area (Å²) < 4.78 is 6.00. The van der Waals surface area contributed by atoms with Gasteiger partial charge in [0.1, 0.15) is 0 Å². The number of hydrogen-bond donors (Lipinski definition) is 2. The van der Waals surface area contributed by atoms with E-state index in [4.69, 9.17) is 10.6 Å². The van der Waals surface area contributed by atoms with E-state index in [1.54, 1.807) is 11.3 Å². The van der Waals surface area contributed by atoms with E-state index in [0.29, 0.717) is 12.0 Å². The molecule has 0 radical (unpaired) electrons. The lowest BCUT2D eigenvalue weighted by Gasteiger charge is -2.48. The fourth-order valence-electron chi connectivity index (χ4n) is 3.42. The highest BCUT2D eigenvalue weighted by atomic mass is 32.1. The first-order valence-corrected chi connectivity index (χ1v) is 8.10. The number of hydrazine groups is 1. The number of nitrogens with one attached hydrogen (secondary N) is 1. The molecule has 1 aromatic heterocycles. The second-order valence-corrected chi connectivity index (χ2v) is 7.04. The molecule has 5 heteroatoms. The molecule has 0 aromatic carbocycles. The van der Waals surface area contributed by atoms with Crippen LogP contribution in [0.4, 0.5) is 0 Å². The van der Waals surface area contributed by atoms with Crippen molar-refractivity contribution in [3.05, 3.63) is 16.1 Å². The molecule has 2 atom stereocenters. The third-order valence-corrected chi connectivity index (χ3v) is 5.50. The van der Waals surface area contributed by atoms with E-state index in [-0.39, 0.29) is 5.60 Å². The highest BCUT2D eigenvalue weighted by Crippen LogP contribution is 2.45. The number of hydrogen-bond acceptors (Lipinski definition) is 5. The number of ether oxygens (including phenoxy) is 1. The zero-order chi connectivity index (χ0) is 13.3. The van der Waals surface area contributed by atoms with Crippen molar-refractivity contribution in [3.63, 3.8) is 0 Å². The standard InChI is InChI=1S/C14H23N3OS/c1-10-16-12(9-19-10)7-13(17-15)11-3-6-18-14(8-11)4-2-5-14/h9,11,13,17H,2-8,15H2,1H3. The molecule has 3 N–H and O–H groups in total. The van der Waals surface area contributed by atoms with Crippen molar-refractivity contribution in [3.8, 4) is 0 Å². The van der Waals surface area contributed by atoms with Gasteiger partial charge in [0.05, 0.1) is 16.3 Å². The van der Waals surface area contributed by atoms with Crippen LogP contribution in [-0.4, -0.2) is 23.2 Å². The maximum atomic E-state index is 6.00. The van der Waals surface area contributed by atoms with Gasteiger partial charge in [-0.25, -0.2) is 4.98 Å². The summed E-state index contributed by atoms with van der Waals surface area (Å²) in [6, 6.07) is 0.322. The van der Waals surface area contributed by atoms with Crippen molar-refractivity contribution >= 4 is 11.3 Å². The van der Waals surface area contributed by atoms with Crippen molar-refractivity contribution < 1.29 is 4.74 Å². The Bertz CT molecular complexity index is 430. The molecule has 1 aromatic rings. The summed E-state index contributed by atoms with van der Waals surface area (Å²) in [6.07, 6.45) is 6.98. The van der Waals surface area contributed by atoms with Crippen LogP contribution in [0.15, 0.2) is 5.38 Å². The summed E-state index contributed by atoms with van der Waals surface area (Å²) in [5.74, 6) is 6.40. The molecule has 2 fully saturated rings. The lowest BCUT2D eigenvalue weighted by Crippen LogP contribution is -2.52. The molecule has 1 saturated heterocycles. The lowest BCUT2D eigenvalue weighted by atomic mass is 9.70. The van der Waals surface area contributed by atoms with E-state index in [0.717, 1.165) is 30.9 Å². The molecule has 106 valence electrons. The Kier molecular flexibility index (Phi) is 3.89. The van der Waals surface area contributed by atoms with Crippen LogP contribution in [0.5, 0.6) is 0 Å². The predicted molar refractivity (Wildman–Crippen MR) is 76.9 cm³/mol. The molecule has 3 rings (SSSR count). The number of aromatic nitrogens is 1. The first-order chi connectivity index (χ1) is 9.21. The Morgan fingerprint density at radius 1 is 1.63 bits per heavy atom. The highest BCUT2D eigenvalue weighted by Gasteiger charge is 2.44. The van der Waals surface area contributed by atoms with Crippen LogP contribution in [0.25, 0.3) is 0 Å². The molecular weight excluding hydrogens is 258 g/mol. The van der Waals surface area contributed by atoms with Crippen molar-refractivity contribution in [2.45, 2.75) is 57.1 Å². The van der Waals surface area contributed by atoms with Gasteiger partial charge in [0.15, 0.2) is 0 Å². The average Bonchev–Trinajstić information content (AvgIpc) is 2.80. The van der Waals surface area contributed by atoms with Gasteiger partial charge in [0, 0.05) is 24.4 Å². The summed E-state index contributed by atoms with van der Waals surface area (Å²) in [5, 5.41) is 3.28. The molecule has 0 bridgehead atoms. The number of aryl methyl sites for hydroxylation is 1. The quantitative estimate of drug-likeness (QED) is 0.656. The Labute approximate surface area is 118 Å². The molecular formula is C14H23N3OS. The Balaban J connectivity index is 1.64. The van der Waals surface area contributed by atoms with Crippen molar-refractivity contribution in [2.24, 2.45) is 11.8 Å². The van der Waals surface area contributed by atoms with Gasteiger partial charge in [-0.3, -0.25) is 11.3 Å². The van der Waals surface area contributed by atoms with E-state index < -0.39 is 0 Å². The van der Waals surface area contributed by atoms with Gasteiger partial charge in [0.2, 0.25) is 0 Å². The second kappa shape index (κ2) is 5.48. The predicted octanol–water partition coefficient (Wildman–Crippen LogP) is 2.18. The summed E-state index contributed by atoms with van der Waals surface area (Å²) >= 11 is 1.71. The monoisotopic (exact) mass is 281 g/mol. The molecule has 1 spiro atoms. The minimum absolute atomic E-state index is 0.190. The zero-order valence-corrected chi connectivity index (χ0v) is 12.3. The second-order valence-electron chi connectivity index (χ2n) is 5.97. The van der Waals surface area contributed by atoms with Gasteiger partial charge in [-0.15, -0.1) is 11.3 Å². The number of rotatable bonds is 4. The van der Waals surface area contributed by atoms with Gasteiger partial charge >= 0.3 is 0 Å². The van der Waals surface area contributed by atoms with Gasteiger partial charge in [0.25, 0.3) is 0 Å².